The van der Waals surface area contributed by atoms with Gasteiger partial charge in [0.15, 0.2) is 6.10 Å². The van der Waals surface area contributed by atoms with Gasteiger partial charge in [-0.05, 0) is 47.9 Å². The summed E-state index contributed by atoms with van der Waals surface area (Å²) in [6.07, 6.45) is -0.369. The highest BCUT2D eigenvalue weighted by Gasteiger charge is 2.34. The highest BCUT2D eigenvalue weighted by molar-refractivity contribution is 7.89. The van der Waals surface area contributed by atoms with Crippen molar-refractivity contribution in [1.29, 1.82) is 0 Å². The molecule has 0 spiro atoms. The van der Waals surface area contributed by atoms with Crippen molar-refractivity contribution in [3.8, 4) is 5.75 Å². The Kier molecular flexibility index (Phi) is 5.59. The van der Waals surface area contributed by atoms with Crippen LogP contribution < -0.4 is 15.4 Å². The van der Waals surface area contributed by atoms with E-state index >= 15 is 0 Å². The molecule has 0 fully saturated rings. The molecule has 2 aliphatic rings. The first kappa shape index (κ1) is 22.1. The second-order valence-corrected chi connectivity index (χ2v) is 10.2. The number of ether oxygens (including phenoxy) is 1. The second-order valence-electron chi connectivity index (χ2n) is 8.28. The maximum Gasteiger partial charge on any atom is 0.260 e. The third-order valence-corrected chi connectivity index (χ3v) is 7.99. The van der Waals surface area contributed by atoms with Gasteiger partial charge in [0.25, 0.3) is 11.8 Å². The van der Waals surface area contributed by atoms with Crippen LogP contribution in [0.3, 0.4) is 0 Å². The van der Waals surface area contributed by atoms with Gasteiger partial charge in [0.05, 0.1) is 17.1 Å². The van der Waals surface area contributed by atoms with Gasteiger partial charge in [-0.25, -0.2) is 8.42 Å². The lowest BCUT2D eigenvalue weighted by molar-refractivity contribution is -0.124. The Morgan fingerprint density at radius 3 is 2.47 bits per heavy atom. The summed E-state index contributed by atoms with van der Waals surface area (Å²) in [5.41, 5.74) is 8.25. The van der Waals surface area contributed by atoms with E-state index in [1.54, 1.807) is 36.4 Å². The van der Waals surface area contributed by atoms with Crippen molar-refractivity contribution in [2.45, 2.75) is 24.0 Å². The molecule has 0 aliphatic carbocycles. The van der Waals surface area contributed by atoms with E-state index in [1.807, 2.05) is 24.3 Å². The van der Waals surface area contributed by atoms with Crippen LogP contribution >= 0.6 is 0 Å². The molecule has 34 heavy (non-hydrogen) atoms. The first-order valence-corrected chi connectivity index (χ1v) is 12.3. The van der Waals surface area contributed by atoms with Crippen LogP contribution in [0.4, 0.5) is 5.69 Å². The number of nitrogens with zero attached hydrogens (tertiary/aromatic N) is 2. The predicted octanol–water partition coefficient (Wildman–Crippen LogP) is 2.33. The van der Waals surface area contributed by atoms with E-state index in [0.29, 0.717) is 24.4 Å². The predicted molar refractivity (Wildman–Crippen MR) is 126 cm³/mol. The summed E-state index contributed by atoms with van der Waals surface area (Å²) < 4.78 is 33.9. The van der Waals surface area contributed by atoms with Crippen molar-refractivity contribution in [1.82, 2.24) is 4.31 Å². The van der Waals surface area contributed by atoms with Crippen LogP contribution in [-0.2, 0) is 27.8 Å². The van der Waals surface area contributed by atoms with E-state index in [9.17, 15) is 18.0 Å². The molecule has 2 N–H and O–H groups in total. The molecule has 0 saturated heterocycles. The molecule has 0 bridgehead atoms. The molecule has 8 nitrogen and oxygen atoms in total. The monoisotopic (exact) mass is 477 g/mol. The average molecular weight is 478 g/mol. The largest absolute Gasteiger partial charge is 0.477 e. The van der Waals surface area contributed by atoms with Crippen molar-refractivity contribution < 1.29 is 22.7 Å². The van der Waals surface area contributed by atoms with Crippen LogP contribution in [0, 0.1) is 0 Å². The van der Waals surface area contributed by atoms with Gasteiger partial charge in [-0.3, -0.25) is 9.59 Å². The number of carbonyl (C=O) groups excluding carboxylic acids is 2. The molecule has 2 heterocycles. The number of carbonyl (C=O) groups is 2. The lowest BCUT2D eigenvalue weighted by atomic mass is 10.0. The van der Waals surface area contributed by atoms with Crippen LogP contribution in [0.1, 0.15) is 21.5 Å². The van der Waals surface area contributed by atoms with Gasteiger partial charge in [0, 0.05) is 18.7 Å². The van der Waals surface area contributed by atoms with Gasteiger partial charge in [-0.1, -0.05) is 42.5 Å². The molecule has 1 atom stereocenters. The van der Waals surface area contributed by atoms with Crippen molar-refractivity contribution in [2.75, 3.05) is 18.0 Å². The number of sulfonamides is 1. The highest BCUT2D eigenvalue weighted by atomic mass is 32.2. The fourth-order valence-corrected chi connectivity index (χ4v) is 5.81. The molecule has 2 amide bonds. The Balaban J connectivity index is 1.45. The van der Waals surface area contributed by atoms with E-state index in [2.05, 4.69) is 0 Å². The summed E-state index contributed by atoms with van der Waals surface area (Å²) in [6, 6.07) is 20.6. The molecule has 0 saturated carbocycles. The van der Waals surface area contributed by atoms with E-state index in [1.165, 1.54) is 21.3 Å². The van der Waals surface area contributed by atoms with Crippen LogP contribution in [0.15, 0.2) is 77.7 Å². The molecule has 3 aromatic rings. The lowest BCUT2D eigenvalue weighted by Crippen LogP contribution is -2.49. The summed E-state index contributed by atoms with van der Waals surface area (Å²) >= 11 is 0. The number of para-hydroxylation sites is 2. The number of benzene rings is 3. The van der Waals surface area contributed by atoms with Gasteiger partial charge in [-0.15, -0.1) is 0 Å². The zero-order valence-corrected chi connectivity index (χ0v) is 19.1. The van der Waals surface area contributed by atoms with Crippen molar-refractivity contribution in [2.24, 2.45) is 5.73 Å². The van der Waals surface area contributed by atoms with Gasteiger partial charge < -0.3 is 15.4 Å². The molecule has 3 aromatic carbocycles. The molecule has 9 heteroatoms. The molecule has 0 radical (unpaired) electrons. The molecular weight excluding hydrogens is 454 g/mol. The summed E-state index contributed by atoms with van der Waals surface area (Å²) in [6.45, 7) is 0.591. The van der Waals surface area contributed by atoms with Gasteiger partial charge in [0.1, 0.15) is 5.75 Å². The number of amides is 2. The number of nitrogens with two attached hydrogens (primary N) is 1. The van der Waals surface area contributed by atoms with E-state index < -0.39 is 27.9 Å². The summed E-state index contributed by atoms with van der Waals surface area (Å²) in [7, 11) is -3.81. The minimum Gasteiger partial charge on any atom is -0.477 e. The highest BCUT2D eigenvalue weighted by Crippen LogP contribution is 2.34. The number of rotatable bonds is 4. The Hall–Kier alpha value is -3.69. The zero-order valence-electron chi connectivity index (χ0n) is 18.3. The third-order valence-electron chi connectivity index (χ3n) is 6.15. The number of anilines is 1. The van der Waals surface area contributed by atoms with Crippen LogP contribution in [0.5, 0.6) is 5.75 Å². The lowest BCUT2D eigenvalue weighted by Gasteiger charge is -2.33. The van der Waals surface area contributed by atoms with E-state index in [0.717, 1.165) is 11.1 Å². The van der Waals surface area contributed by atoms with Crippen LogP contribution in [0.25, 0.3) is 0 Å². The van der Waals surface area contributed by atoms with Crippen molar-refractivity contribution in [3.05, 3.63) is 89.5 Å². The van der Waals surface area contributed by atoms with E-state index in [-0.39, 0.29) is 23.5 Å². The molecular formula is C25H23N3O5S. The summed E-state index contributed by atoms with van der Waals surface area (Å²) in [5.74, 6) is -0.765. The molecule has 0 aromatic heterocycles. The van der Waals surface area contributed by atoms with Crippen molar-refractivity contribution >= 4 is 27.5 Å². The fourth-order valence-electron chi connectivity index (χ4n) is 4.34. The number of primary amides is 1. The summed E-state index contributed by atoms with van der Waals surface area (Å²) in [4.78, 5) is 26.7. The Morgan fingerprint density at radius 2 is 1.68 bits per heavy atom. The van der Waals surface area contributed by atoms with Crippen LogP contribution in [-0.4, -0.2) is 43.7 Å². The second kappa shape index (κ2) is 8.58. The maximum absolute atomic E-state index is 13.5. The Bertz CT molecular complexity index is 1390. The smallest absolute Gasteiger partial charge is 0.260 e. The molecule has 2 aliphatic heterocycles. The maximum atomic E-state index is 13.5. The number of hydrogen-bond donors (Lipinski definition) is 1. The first-order chi connectivity index (χ1) is 16.3. The van der Waals surface area contributed by atoms with Gasteiger partial charge >= 0.3 is 0 Å². The van der Waals surface area contributed by atoms with E-state index in [4.69, 9.17) is 10.5 Å². The third kappa shape index (κ3) is 3.93. The standard InChI is InChI=1S/C25H23N3O5S/c26-24(29)23-16-28(21-10-3-4-11-22(21)33-23)25(30)18-8-5-9-20(14-18)34(31,32)27-13-12-17-6-1-2-7-19(17)15-27/h1-11,14,23H,12-13,15-16H2,(H2,26,29). The summed E-state index contributed by atoms with van der Waals surface area (Å²) in [5, 5.41) is 0. The topological polar surface area (TPSA) is 110 Å². The van der Waals surface area contributed by atoms with Gasteiger partial charge in [-0.2, -0.15) is 4.31 Å². The van der Waals surface area contributed by atoms with Crippen molar-refractivity contribution in [3.63, 3.8) is 0 Å². The minimum atomic E-state index is -3.81. The molecule has 1 unspecified atom stereocenters. The quantitative estimate of drug-likeness (QED) is 0.620. The minimum absolute atomic E-state index is 0.0470. The number of fused-ring (bicyclic) bond motifs is 2. The normalized spacial score (nSPS) is 17.9. The molecule has 5 rings (SSSR count). The average Bonchev–Trinajstić information content (AvgIpc) is 2.87. The van der Waals surface area contributed by atoms with Crippen LogP contribution in [0.2, 0.25) is 0 Å². The zero-order chi connectivity index (χ0) is 23.9. The molecule has 174 valence electrons. The van der Waals surface area contributed by atoms with Gasteiger partial charge in [0.2, 0.25) is 10.0 Å². The first-order valence-electron chi connectivity index (χ1n) is 10.9. The number of hydrogen-bond acceptors (Lipinski definition) is 5. The fraction of sp³-hybridized carbons (Fsp3) is 0.200. The SMILES string of the molecule is NC(=O)C1CN(C(=O)c2cccc(S(=O)(=O)N3CCc4ccccc4C3)c2)c2ccccc2O1. The Morgan fingerprint density at radius 1 is 0.941 bits per heavy atom. The Labute approximate surface area is 197 Å².